The third kappa shape index (κ3) is 5.61. The minimum Gasteiger partial charge on any atom is -0.375 e. The van der Waals surface area contributed by atoms with E-state index in [0.29, 0.717) is 0 Å². The van der Waals surface area contributed by atoms with E-state index >= 15 is 0 Å². The van der Waals surface area contributed by atoms with Gasteiger partial charge in [0.05, 0.1) is 12.7 Å². The molecule has 6 heteroatoms. The second-order valence-corrected chi connectivity index (χ2v) is 7.53. The number of benzene rings is 2. The lowest BCUT2D eigenvalue weighted by atomic mass is 10.0. The van der Waals surface area contributed by atoms with Gasteiger partial charge in [0.15, 0.2) is 5.96 Å². The summed E-state index contributed by atoms with van der Waals surface area (Å²) in [6.45, 7) is 7.10. The van der Waals surface area contributed by atoms with Crippen LogP contribution in [0.4, 0.5) is 0 Å². The molecule has 2 aliphatic heterocycles. The van der Waals surface area contributed by atoms with Gasteiger partial charge in [-0.15, -0.1) is 24.0 Å². The van der Waals surface area contributed by atoms with Crippen LogP contribution in [0.15, 0.2) is 47.5 Å². The highest BCUT2D eigenvalue weighted by atomic mass is 127. The molecule has 4 rings (SSSR count). The van der Waals surface area contributed by atoms with E-state index < -0.39 is 0 Å². The number of rotatable bonds is 5. The summed E-state index contributed by atoms with van der Waals surface area (Å²) in [6, 6.07) is 15.1. The zero-order chi connectivity index (χ0) is 19.2. The highest BCUT2D eigenvalue weighted by Gasteiger charge is 2.32. The molecule has 0 saturated carbocycles. The number of nitrogens with zero attached hydrogens (tertiary/aromatic N) is 2. The van der Waals surface area contributed by atoms with Crippen molar-refractivity contribution in [2.45, 2.75) is 38.4 Å². The Kier molecular flexibility index (Phi) is 8.56. The molecule has 0 amide bonds. The predicted octanol–water partition coefficient (Wildman–Crippen LogP) is 3.85. The van der Waals surface area contributed by atoms with Gasteiger partial charge in [-0.3, -0.25) is 4.99 Å². The van der Waals surface area contributed by atoms with Crippen molar-refractivity contribution < 1.29 is 9.47 Å². The maximum Gasteiger partial charge on any atom is 0.194 e. The maximum absolute atomic E-state index is 5.99. The van der Waals surface area contributed by atoms with Gasteiger partial charge in [-0.05, 0) is 42.5 Å². The summed E-state index contributed by atoms with van der Waals surface area (Å²) in [5, 5.41) is 6.09. The summed E-state index contributed by atoms with van der Waals surface area (Å²) in [6.07, 6.45) is 3.58. The summed E-state index contributed by atoms with van der Waals surface area (Å²) >= 11 is 0. The SMILES string of the molecule is CCNC(=NCCc1cccc2ccccc12)N1CCOC(C2CCCO2)C1.I. The smallest absolute Gasteiger partial charge is 0.194 e. The molecule has 2 heterocycles. The van der Waals surface area contributed by atoms with Crippen LogP contribution >= 0.6 is 24.0 Å². The van der Waals surface area contributed by atoms with Gasteiger partial charge >= 0.3 is 0 Å². The van der Waals surface area contributed by atoms with E-state index in [9.17, 15) is 0 Å². The Morgan fingerprint density at radius 1 is 1.10 bits per heavy atom. The van der Waals surface area contributed by atoms with Crippen molar-refractivity contribution in [3.05, 3.63) is 48.0 Å². The van der Waals surface area contributed by atoms with Crippen LogP contribution in [0.1, 0.15) is 25.3 Å². The molecule has 158 valence electrons. The number of hydrogen-bond acceptors (Lipinski definition) is 3. The predicted molar refractivity (Wildman–Crippen MR) is 129 cm³/mol. The van der Waals surface area contributed by atoms with Crippen LogP contribution < -0.4 is 5.32 Å². The fraction of sp³-hybridized carbons (Fsp3) is 0.522. The lowest BCUT2D eigenvalue weighted by Gasteiger charge is -2.37. The van der Waals surface area contributed by atoms with E-state index in [0.717, 1.165) is 64.6 Å². The fourth-order valence-corrected chi connectivity index (χ4v) is 4.21. The number of fused-ring (bicyclic) bond motifs is 1. The molecular formula is C23H32IN3O2. The maximum atomic E-state index is 5.99. The first-order chi connectivity index (χ1) is 13.8. The van der Waals surface area contributed by atoms with Crippen molar-refractivity contribution in [2.24, 2.45) is 4.99 Å². The van der Waals surface area contributed by atoms with Crippen molar-refractivity contribution >= 4 is 40.7 Å². The number of ether oxygens (including phenoxy) is 2. The van der Waals surface area contributed by atoms with E-state index in [1.165, 1.54) is 16.3 Å². The van der Waals surface area contributed by atoms with Crippen LogP contribution in [0, 0.1) is 0 Å². The zero-order valence-electron chi connectivity index (χ0n) is 17.2. The molecule has 0 bridgehead atoms. The molecule has 0 aliphatic carbocycles. The molecule has 2 aromatic carbocycles. The van der Waals surface area contributed by atoms with Crippen molar-refractivity contribution in [1.29, 1.82) is 0 Å². The second kappa shape index (κ2) is 11.1. The standard InChI is InChI=1S/C23H31N3O2.HI/c1-2-24-23(26-14-16-28-22(17-26)21-11-6-15-27-21)25-13-12-19-9-5-8-18-7-3-4-10-20(18)19;/h3-5,7-10,21-22H,2,6,11-17H2,1H3,(H,24,25);1H. The van der Waals surface area contributed by atoms with Gasteiger partial charge in [0.1, 0.15) is 6.10 Å². The van der Waals surface area contributed by atoms with Crippen LogP contribution in [-0.4, -0.2) is 62.5 Å². The fourth-order valence-electron chi connectivity index (χ4n) is 4.21. The minimum absolute atomic E-state index is 0. The number of nitrogens with one attached hydrogen (secondary N) is 1. The van der Waals surface area contributed by atoms with Crippen LogP contribution in [-0.2, 0) is 15.9 Å². The highest BCUT2D eigenvalue weighted by Crippen LogP contribution is 2.21. The van der Waals surface area contributed by atoms with Gasteiger partial charge in [0, 0.05) is 32.8 Å². The van der Waals surface area contributed by atoms with Gasteiger partial charge in [-0.2, -0.15) is 0 Å². The Labute approximate surface area is 190 Å². The molecule has 5 nitrogen and oxygen atoms in total. The van der Waals surface area contributed by atoms with E-state index in [1.54, 1.807) is 0 Å². The highest BCUT2D eigenvalue weighted by molar-refractivity contribution is 14.0. The molecule has 0 spiro atoms. The van der Waals surface area contributed by atoms with Crippen LogP contribution in [0.3, 0.4) is 0 Å². The first-order valence-electron chi connectivity index (χ1n) is 10.6. The summed E-state index contributed by atoms with van der Waals surface area (Å²) in [4.78, 5) is 7.27. The molecule has 2 atom stereocenters. The molecule has 1 N–H and O–H groups in total. The third-order valence-electron chi connectivity index (χ3n) is 5.63. The number of morpholine rings is 1. The largest absolute Gasteiger partial charge is 0.375 e. The quantitative estimate of drug-likeness (QED) is 0.378. The van der Waals surface area contributed by atoms with Gasteiger partial charge < -0.3 is 19.7 Å². The third-order valence-corrected chi connectivity index (χ3v) is 5.63. The Morgan fingerprint density at radius 2 is 1.93 bits per heavy atom. The van der Waals surface area contributed by atoms with Crippen LogP contribution in [0.2, 0.25) is 0 Å². The van der Waals surface area contributed by atoms with E-state index in [2.05, 4.69) is 59.6 Å². The summed E-state index contributed by atoms with van der Waals surface area (Å²) < 4.78 is 11.8. The average Bonchev–Trinajstić information content (AvgIpc) is 3.28. The molecule has 2 aromatic rings. The molecule has 29 heavy (non-hydrogen) atoms. The lowest BCUT2D eigenvalue weighted by Crippen LogP contribution is -2.53. The van der Waals surface area contributed by atoms with Crippen molar-refractivity contribution in [1.82, 2.24) is 10.2 Å². The molecule has 2 saturated heterocycles. The number of aliphatic imine (C=N–C) groups is 1. The second-order valence-electron chi connectivity index (χ2n) is 7.53. The summed E-state index contributed by atoms with van der Waals surface area (Å²) in [5.74, 6) is 0.994. The van der Waals surface area contributed by atoms with Crippen LogP contribution in [0.5, 0.6) is 0 Å². The Hall–Kier alpha value is -1.38. The number of guanidine groups is 1. The number of hydrogen-bond donors (Lipinski definition) is 1. The number of halogens is 1. The van der Waals surface area contributed by atoms with Gasteiger partial charge in [-0.25, -0.2) is 0 Å². The first-order valence-corrected chi connectivity index (χ1v) is 10.6. The zero-order valence-corrected chi connectivity index (χ0v) is 19.5. The topological polar surface area (TPSA) is 46.1 Å². The van der Waals surface area contributed by atoms with Crippen molar-refractivity contribution in [2.75, 3.05) is 39.4 Å². The Morgan fingerprint density at radius 3 is 2.76 bits per heavy atom. The summed E-state index contributed by atoms with van der Waals surface area (Å²) in [7, 11) is 0. The average molecular weight is 509 g/mol. The molecule has 0 radical (unpaired) electrons. The Bertz CT molecular complexity index is 802. The van der Waals surface area contributed by atoms with Gasteiger partial charge in [-0.1, -0.05) is 42.5 Å². The van der Waals surface area contributed by atoms with E-state index in [-0.39, 0.29) is 36.2 Å². The van der Waals surface area contributed by atoms with Gasteiger partial charge in [0.25, 0.3) is 0 Å². The van der Waals surface area contributed by atoms with Crippen molar-refractivity contribution in [3.63, 3.8) is 0 Å². The normalized spacial score (nSPS) is 22.5. The van der Waals surface area contributed by atoms with E-state index in [4.69, 9.17) is 14.5 Å². The van der Waals surface area contributed by atoms with Crippen LogP contribution in [0.25, 0.3) is 10.8 Å². The lowest BCUT2D eigenvalue weighted by molar-refractivity contribution is -0.0817. The summed E-state index contributed by atoms with van der Waals surface area (Å²) in [5.41, 5.74) is 1.36. The van der Waals surface area contributed by atoms with E-state index in [1.807, 2.05) is 0 Å². The minimum atomic E-state index is 0. The molecule has 2 fully saturated rings. The first kappa shape index (κ1) is 22.3. The molecule has 0 aromatic heterocycles. The molecular weight excluding hydrogens is 477 g/mol. The van der Waals surface area contributed by atoms with Crippen molar-refractivity contribution in [3.8, 4) is 0 Å². The monoisotopic (exact) mass is 509 g/mol. The molecule has 2 aliphatic rings. The van der Waals surface area contributed by atoms with Gasteiger partial charge in [0.2, 0.25) is 0 Å². The Balaban J connectivity index is 0.00000240. The molecule has 2 unspecified atom stereocenters.